The lowest BCUT2D eigenvalue weighted by molar-refractivity contribution is 0.632. The summed E-state index contributed by atoms with van der Waals surface area (Å²) in [5, 5.41) is 3.31. The summed E-state index contributed by atoms with van der Waals surface area (Å²) < 4.78 is 1.10. The van der Waals surface area contributed by atoms with Crippen molar-refractivity contribution in [3.63, 3.8) is 0 Å². The fourth-order valence-electron chi connectivity index (χ4n) is 2.00. The first-order valence-electron chi connectivity index (χ1n) is 7.11. The van der Waals surface area contributed by atoms with Gasteiger partial charge < -0.3 is 5.32 Å². The van der Waals surface area contributed by atoms with E-state index in [1.165, 1.54) is 0 Å². The van der Waals surface area contributed by atoms with Gasteiger partial charge in [0.15, 0.2) is 5.82 Å². The first-order chi connectivity index (χ1) is 10.0. The van der Waals surface area contributed by atoms with E-state index in [1.807, 2.05) is 13.0 Å². The van der Waals surface area contributed by atoms with Gasteiger partial charge in [-0.05, 0) is 54.8 Å². The van der Waals surface area contributed by atoms with E-state index in [2.05, 4.69) is 63.6 Å². The predicted molar refractivity (Wildman–Crippen MR) is 93.2 cm³/mol. The molecule has 2 aromatic rings. The molecule has 0 radical (unpaired) electrons. The third-order valence-electron chi connectivity index (χ3n) is 2.87. The number of nitrogens with zero attached hydrogens (tertiary/aromatic N) is 4. The third kappa shape index (κ3) is 4.09. The maximum absolute atomic E-state index is 4.72. The van der Waals surface area contributed by atoms with Crippen LogP contribution in [-0.2, 0) is 6.42 Å². The summed E-state index contributed by atoms with van der Waals surface area (Å²) in [6, 6.07) is 1.85. The van der Waals surface area contributed by atoms with E-state index in [0.29, 0.717) is 11.7 Å². The number of hydrogen-bond donors (Lipinski definition) is 1. The smallest absolute Gasteiger partial charge is 0.180 e. The molecule has 21 heavy (non-hydrogen) atoms. The summed E-state index contributed by atoms with van der Waals surface area (Å²) in [6.07, 6.45) is 2.67. The highest BCUT2D eigenvalue weighted by Gasteiger charge is 2.15. The lowest BCUT2D eigenvalue weighted by Gasteiger charge is -2.13. The first-order valence-corrected chi connectivity index (χ1v) is 8.19. The van der Waals surface area contributed by atoms with Gasteiger partial charge in [-0.1, -0.05) is 13.8 Å². The Hall–Kier alpha value is -1.31. The summed E-state index contributed by atoms with van der Waals surface area (Å²) in [7, 11) is 0. The van der Waals surface area contributed by atoms with Crippen molar-refractivity contribution in [2.75, 3.05) is 11.9 Å². The minimum atomic E-state index is 0.544. The SMILES string of the molecule is CCNc1nc(-c2ccnc(C)n2)nc(CC(C)C)c1I. The Labute approximate surface area is 139 Å². The molecule has 0 fully saturated rings. The fraction of sp³-hybridized carbons (Fsp3) is 0.467. The van der Waals surface area contributed by atoms with Crippen LogP contribution in [0.1, 0.15) is 32.3 Å². The lowest BCUT2D eigenvalue weighted by atomic mass is 10.1. The highest BCUT2D eigenvalue weighted by molar-refractivity contribution is 14.1. The van der Waals surface area contributed by atoms with E-state index < -0.39 is 0 Å². The van der Waals surface area contributed by atoms with Gasteiger partial charge in [0.2, 0.25) is 0 Å². The van der Waals surface area contributed by atoms with Crippen molar-refractivity contribution in [1.29, 1.82) is 0 Å². The fourth-order valence-corrected chi connectivity index (χ4v) is 2.65. The van der Waals surface area contributed by atoms with Crippen LogP contribution in [0.25, 0.3) is 11.5 Å². The monoisotopic (exact) mass is 397 g/mol. The van der Waals surface area contributed by atoms with Crippen LogP contribution in [0.4, 0.5) is 5.82 Å². The van der Waals surface area contributed by atoms with Crippen LogP contribution in [-0.4, -0.2) is 26.5 Å². The molecule has 0 aliphatic rings. The van der Waals surface area contributed by atoms with Crippen LogP contribution in [0.3, 0.4) is 0 Å². The van der Waals surface area contributed by atoms with Crippen molar-refractivity contribution in [3.05, 3.63) is 27.4 Å². The van der Waals surface area contributed by atoms with E-state index in [4.69, 9.17) is 4.98 Å². The molecule has 0 aliphatic carbocycles. The zero-order valence-corrected chi connectivity index (χ0v) is 15.0. The molecule has 2 aromatic heterocycles. The van der Waals surface area contributed by atoms with Crippen molar-refractivity contribution in [2.45, 2.75) is 34.1 Å². The van der Waals surface area contributed by atoms with Gasteiger partial charge in [-0.2, -0.15) is 0 Å². The van der Waals surface area contributed by atoms with Crippen LogP contribution >= 0.6 is 22.6 Å². The van der Waals surface area contributed by atoms with Gasteiger partial charge in [-0.25, -0.2) is 19.9 Å². The van der Waals surface area contributed by atoms with Crippen molar-refractivity contribution in [2.24, 2.45) is 5.92 Å². The zero-order chi connectivity index (χ0) is 15.4. The van der Waals surface area contributed by atoms with E-state index >= 15 is 0 Å². The molecule has 0 aliphatic heterocycles. The first kappa shape index (κ1) is 16.1. The summed E-state index contributed by atoms with van der Waals surface area (Å²) >= 11 is 2.32. The van der Waals surface area contributed by atoms with Crippen molar-refractivity contribution in [1.82, 2.24) is 19.9 Å². The molecular weight excluding hydrogens is 377 g/mol. The van der Waals surface area contributed by atoms with Crippen LogP contribution in [0.2, 0.25) is 0 Å². The Morgan fingerprint density at radius 1 is 1.24 bits per heavy atom. The highest BCUT2D eigenvalue weighted by Crippen LogP contribution is 2.24. The molecule has 5 nitrogen and oxygen atoms in total. The Morgan fingerprint density at radius 3 is 2.62 bits per heavy atom. The summed E-state index contributed by atoms with van der Waals surface area (Å²) in [6.45, 7) is 9.15. The number of nitrogens with one attached hydrogen (secondary N) is 1. The molecule has 0 saturated carbocycles. The maximum atomic E-state index is 4.72. The van der Waals surface area contributed by atoms with Gasteiger partial charge in [-0.15, -0.1) is 0 Å². The number of hydrogen-bond acceptors (Lipinski definition) is 5. The van der Waals surface area contributed by atoms with Crippen LogP contribution in [0, 0.1) is 16.4 Å². The molecule has 0 aromatic carbocycles. The van der Waals surface area contributed by atoms with Gasteiger partial charge >= 0.3 is 0 Å². The molecule has 0 spiro atoms. The number of halogens is 1. The third-order valence-corrected chi connectivity index (χ3v) is 4.00. The molecule has 2 heterocycles. The normalized spacial score (nSPS) is 11.0. The summed E-state index contributed by atoms with van der Waals surface area (Å²) in [4.78, 5) is 17.9. The number of aromatic nitrogens is 4. The Kier molecular flexibility index (Phi) is 5.44. The quantitative estimate of drug-likeness (QED) is 0.783. The number of anilines is 1. The van der Waals surface area contributed by atoms with Crippen LogP contribution < -0.4 is 5.32 Å². The minimum Gasteiger partial charge on any atom is -0.369 e. The second-order valence-corrected chi connectivity index (χ2v) is 6.35. The molecular formula is C15H20IN5. The molecule has 2 rings (SSSR count). The van der Waals surface area contributed by atoms with E-state index in [9.17, 15) is 0 Å². The maximum Gasteiger partial charge on any atom is 0.180 e. The average Bonchev–Trinajstić information content (AvgIpc) is 2.42. The predicted octanol–water partition coefficient (Wildman–Crippen LogP) is 3.48. The van der Waals surface area contributed by atoms with Crippen molar-refractivity contribution >= 4 is 28.4 Å². The zero-order valence-electron chi connectivity index (χ0n) is 12.8. The molecule has 0 amide bonds. The topological polar surface area (TPSA) is 63.6 Å². The highest BCUT2D eigenvalue weighted by atomic mass is 127. The molecule has 1 N–H and O–H groups in total. The second-order valence-electron chi connectivity index (χ2n) is 5.27. The van der Waals surface area contributed by atoms with Crippen molar-refractivity contribution < 1.29 is 0 Å². The molecule has 112 valence electrons. The van der Waals surface area contributed by atoms with Crippen LogP contribution in [0.15, 0.2) is 12.3 Å². The van der Waals surface area contributed by atoms with E-state index in [1.54, 1.807) is 6.20 Å². The largest absolute Gasteiger partial charge is 0.369 e. The molecule has 6 heteroatoms. The van der Waals surface area contributed by atoms with Gasteiger partial charge in [0.05, 0.1) is 9.26 Å². The summed E-state index contributed by atoms with van der Waals surface area (Å²) in [5.41, 5.74) is 1.84. The molecule has 0 saturated heterocycles. The Morgan fingerprint density at radius 2 is 2.00 bits per heavy atom. The number of rotatable bonds is 5. The number of aryl methyl sites for hydroxylation is 1. The van der Waals surface area contributed by atoms with Crippen molar-refractivity contribution in [3.8, 4) is 11.5 Å². The van der Waals surface area contributed by atoms with Gasteiger partial charge in [0, 0.05) is 12.7 Å². The van der Waals surface area contributed by atoms with Gasteiger partial charge in [0.25, 0.3) is 0 Å². The lowest BCUT2D eigenvalue weighted by Crippen LogP contribution is -2.10. The van der Waals surface area contributed by atoms with Gasteiger partial charge in [-0.3, -0.25) is 0 Å². The Bertz CT molecular complexity index is 627. The molecule has 0 atom stereocenters. The second kappa shape index (κ2) is 7.11. The standard InChI is InChI=1S/C15H20IN5/c1-5-17-15-13(16)12(8-9(2)3)20-14(21-15)11-6-7-18-10(4)19-11/h6-7,9H,5,8H2,1-4H3,(H,17,20,21). The Balaban J connectivity index is 2.52. The van der Waals surface area contributed by atoms with E-state index in [-0.39, 0.29) is 0 Å². The van der Waals surface area contributed by atoms with E-state index in [0.717, 1.165) is 39.6 Å². The molecule has 0 unspecified atom stereocenters. The minimum absolute atomic E-state index is 0.544. The average molecular weight is 397 g/mol. The summed E-state index contributed by atoms with van der Waals surface area (Å²) in [5.74, 6) is 2.82. The van der Waals surface area contributed by atoms with Crippen LogP contribution in [0.5, 0.6) is 0 Å². The van der Waals surface area contributed by atoms with Gasteiger partial charge in [0.1, 0.15) is 17.3 Å². The molecule has 0 bridgehead atoms.